The van der Waals surface area contributed by atoms with E-state index in [2.05, 4.69) is 6.92 Å². The minimum atomic E-state index is -0.457. The molecule has 2 N–H and O–H groups in total. The lowest BCUT2D eigenvalue weighted by Gasteiger charge is -2.17. The molecule has 2 aromatic heterocycles. The quantitative estimate of drug-likeness (QED) is 0.460. The molecule has 0 aliphatic heterocycles. The zero-order valence-electron chi connectivity index (χ0n) is 17.5. The first-order valence-electron chi connectivity index (χ1n) is 10.3. The van der Waals surface area contributed by atoms with Crippen LogP contribution in [0, 0.1) is 5.92 Å². The van der Waals surface area contributed by atoms with Crippen LogP contribution in [0.5, 0.6) is 0 Å². The molecule has 4 aromatic rings. The van der Waals surface area contributed by atoms with E-state index in [9.17, 15) is 4.79 Å². The first-order chi connectivity index (χ1) is 14.5. The van der Waals surface area contributed by atoms with Gasteiger partial charge in [-0.2, -0.15) is 0 Å². The molecular formula is C24H26N4O2. The lowest BCUT2D eigenvalue weighted by molar-refractivity contribution is 0.0450. The van der Waals surface area contributed by atoms with Gasteiger partial charge in [-0.15, -0.1) is 0 Å². The Balaban J connectivity index is 1.91. The van der Waals surface area contributed by atoms with E-state index in [0.29, 0.717) is 29.1 Å². The monoisotopic (exact) mass is 402 g/mol. The van der Waals surface area contributed by atoms with Gasteiger partial charge in [0.2, 0.25) is 0 Å². The minimum absolute atomic E-state index is 0.125. The van der Waals surface area contributed by atoms with E-state index < -0.39 is 5.97 Å². The van der Waals surface area contributed by atoms with Crippen LogP contribution in [-0.2, 0) is 4.74 Å². The Morgan fingerprint density at radius 1 is 1.03 bits per heavy atom. The van der Waals surface area contributed by atoms with Gasteiger partial charge in [-0.25, -0.2) is 14.8 Å². The number of para-hydroxylation sites is 2. The lowest BCUT2D eigenvalue weighted by Crippen LogP contribution is -2.15. The number of carbonyl (C=O) groups excluding carboxylic acids is 1. The van der Waals surface area contributed by atoms with Crippen molar-refractivity contribution in [3.8, 4) is 0 Å². The van der Waals surface area contributed by atoms with Gasteiger partial charge in [-0.05, 0) is 30.5 Å². The molecular weight excluding hydrogens is 376 g/mol. The summed E-state index contributed by atoms with van der Waals surface area (Å²) in [4.78, 5) is 22.6. The van der Waals surface area contributed by atoms with E-state index in [1.807, 2.05) is 73.0 Å². The van der Waals surface area contributed by atoms with E-state index in [0.717, 1.165) is 17.5 Å². The third-order valence-electron chi connectivity index (χ3n) is 5.60. The number of carbonyl (C=O) groups is 1. The van der Waals surface area contributed by atoms with Gasteiger partial charge >= 0.3 is 5.97 Å². The average molecular weight is 402 g/mol. The van der Waals surface area contributed by atoms with Gasteiger partial charge in [0.05, 0.1) is 23.7 Å². The summed E-state index contributed by atoms with van der Waals surface area (Å²) in [6.07, 6.45) is 0.931. The van der Waals surface area contributed by atoms with Crippen LogP contribution in [0.25, 0.3) is 22.2 Å². The Morgan fingerprint density at radius 2 is 1.67 bits per heavy atom. The first kappa shape index (κ1) is 19.9. The standard InChI is InChI=1S/C24H26N4O2/c1-4-15(2)14-30-24(29)20-21-23(27-19-13-9-8-12-18(19)26-21)28(22(20)25)16(3)17-10-6-5-7-11-17/h5-13,15-16H,4,14,25H2,1-3H3/t15-,16-/m0/s1. The van der Waals surface area contributed by atoms with Crippen molar-refractivity contribution in [2.45, 2.75) is 33.2 Å². The van der Waals surface area contributed by atoms with Gasteiger partial charge in [-0.3, -0.25) is 0 Å². The van der Waals surface area contributed by atoms with E-state index in [1.54, 1.807) is 0 Å². The van der Waals surface area contributed by atoms with Crippen molar-refractivity contribution >= 4 is 34.0 Å². The maximum Gasteiger partial charge on any atom is 0.344 e. The lowest BCUT2D eigenvalue weighted by atomic mass is 10.1. The van der Waals surface area contributed by atoms with Gasteiger partial charge in [0, 0.05) is 0 Å². The Kier molecular flexibility index (Phi) is 5.40. The summed E-state index contributed by atoms with van der Waals surface area (Å²) >= 11 is 0. The SMILES string of the molecule is CC[C@H](C)COC(=O)c1c(N)n([C@@H](C)c2ccccc2)c2nc3ccccc3nc12. The van der Waals surface area contributed by atoms with Crippen molar-refractivity contribution in [2.24, 2.45) is 5.92 Å². The van der Waals surface area contributed by atoms with Crippen LogP contribution in [0.4, 0.5) is 5.82 Å². The van der Waals surface area contributed by atoms with Crippen LogP contribution in [0.2, 0.25) is 0 Å². The molecule has 4 rings (SSSR count). The van der Waals surface area contributed by atoms with Gasteiger partial charge < -0.3 is 15.0 Å². The van der Waals surface area contributed by atoms with Crippen LogP contribution in [-0.4, -0.2) is 27.1 Å². The van der Waals surface area contributed by atoms with Crippen LogP contribution < -0.4 is 5.73 Å². The molecule has 0 amide bonds. The van der Waals surface area contributed by atoms with Crippen molar-refractivity contribution in [1.82, 2.24) is 14.5 Å². The van der Waals surface area contributed by atoms with E-state index in [-0.39, 0.29) is 17.5 Å². The molecule has 0 unspecified atom stereocenters. The van der Waals surface area contributed by atoms with Crippen LogP contribution in [0.3, 0.4) is 0 Å². The molecule has 0 saturated heterocycles. The van der Waals surface area contributed by atoms with Crippen molar-refractivity contribution in [3.63, 3.8) is 0 Å². The number of esters is 1. The van der Waals surface area contributed by atoms with Crippen molar-refractivity contribution in [1.29, 1.82) is 0 Å². The normalized spacial score (nSPS) is 13.4. The summed E-state index contributed by atoms with van der Waals surface area (Å²) in [6.45, 7) is 6.50. The van der Waals surface area contributed by atoms with E-state index in [1.165, 1.54) is 0 Å². The van der Waals surface area contributed by atoms with Crippen LogP contribution in [0.1, 0.15) is 49.2 Å². The smallest absolute Gasteiger partial charge is 0.344 e. The fraction of sp³-hybridized carbons (Fsp3) is 0.292. The molecule has 0 fully saturated rings. The Bertz CT molecular complexity index is 1200. The molecule has 2 aromatic carbocycles. The van der Waals surface area contributed by atoms with E-state index in [4.69, 9.17) is 20.4 Å². The minimum Gasteiger partial charge on any atom is -0.462 e. The fourth-order valence-corrected chi connectivity index (χ4v) is 3.56. The van der Waals surface area contributed by atoms with Crippen LogP contribution >= 0.6 is 0 Å². The first-order valence-corrected chi connectivity index (χ1v) is 10.3. The predicted octanol–water partition coefficient (Wildman–Crippen LogP) is 4.98. The summed E-state index contributed by atoms with van der Waals surface area (Å²) in [6, 6.07) is 17.5. The number of hydrogen-bond acceptors (Lipinski definition) is 5. The second kappa shape index (κ2) is 8.14. The maximum absolute atomic E-state index is 13.0. The van der Waals surface area contributed by atoms with Crippen molar-refractivity contribution in [2.75, 3.05) is 12.3 Å². The zero-order valence-corrected chi connectivity index (χ0v) is 17.5. The second-order valence-corrected chi connectivity index (χ2v) is 7.71. The summed E-state index contributed by atoms with van der Waals surface area (Å²) < 4.78 is 7.46. The topological polar surface area (TPSA) is 83.0 Å². The van der Waals surface area contributed by atoms with Gasteiger partial charge in [-0.1, -0.05) is 62.7 Å². The predicted molar refractivity (Wildman–Crippen MR) is 119 cm³/mol. The Hall–Kier alpha value is -3.41. The molecule has 0 saturated carbocycles. The second-order valence-electron chi connectivity index (χ2n) is 7.71. The third-order valence-corrected chi connectivity index (χ3v) is 5.60. The fourth-order valence-electron chi connectivity index (χ4n) is 3.56. The zero-order chi connectivity index (χ0) is 21.3. The van der Waals surface area contributed by atoms with E-state index >= 15 is 0 Å². The number of hydrogen-bond donors (Lipinski definition) is 1. The molecule has 6 nitrogen and oxygen atoms in total. The number of nitrogens with zero attached hydrogens (tertiary/aromatic N) is 3. The number of aromatic nitrogens is 3. The number of ether oxygens (including phenoxy) is 1. The van der Waals surface area contributed by atoms with Gasteiger partial charge in [0.25, 0.3) is 0 Å². The summed E-state index contributed by atoms with van der Waals surface area (Å²) in [5, 5.41) is 0. The molecule has 0 spiro atoms. The maximum atomic E-state index is 13.0. The molecule has 0 aliphatic rings. The highest BCUT2D eigenvalue weighted by Crippen LogP contribution is 2.33. The number of benzene rings is 2. The Labute approximate surface area is 175 Å². The van der Waals surface area contributed by atoms with Gasteiger partial charge in [0.1, 0.15) is 16.9 Å². The highest BCUT2D eigenvalue weighted by Gasteiger charge is 2.28. The largest absolute Gasteiger partial charge is 0.462 e. The number of anilines is 1. The summed E-state index contributed by atoms with van der Waals surface area (Å²) in [7, 11) is 0. The number of fused-ring (bicyclic) bond motifs is 2. The van der Waals surface area contributed by atoms with Crippen molar-refractivity contribution in [3.05, 3.63) is 65.7 Å². The summed E-state index contributed by atoms with van der Waals surface area (Å²) in [5.74, 6) is 0.144. The highest BCUT2D eigenvalue weighted by molar-refractivity contribution is 6.08. The number of nitrogens with two attached hydrogens (primary N) is 1. The van der Waals surface area contributed by atoms with Crippen molar-refractivity contribution < 1.29 is 9.53 Å². The molecule has 2 heterocycles. The average Bonchev–Trinajstić information content (AvgIpc) is 3.06. The molecule has 2 atom stereocenters. The van der Waals surface area contributed by atoms with Gasteiger partial charge in [0.15, 0.2) is 5.65 Å². The molecule has 0 radical (unpaired) electrons. The molecule has 0 bridgehead atoms. The Morgan fingerprint density at radius 3 is 2.33 bits per heavy atom. The molecule has 30 heavy (non-hydrogen) atoms. The van der Waals surface area contributed by atoms with Crippen LogP contribution in [0.15, 0.2) is 54.6 Å². The molecule has 154 valence electrons. The molecule has 0 aliphatic carbocycles. The third kappa shape index (κ3) is 3.49. The number of nitrogen functional groups attached to an aromatic ring is 1. The number of rotatable bonds is 6. The highest BCUT2D eigenvalue weighted by atomic mass is 16.5. The summed E-state index contributed by atoms with van der Waals surface area (Å²) in [5.41, 5.74) is 10.4. The molecule has 6 heteroatoms.